The molecule has 2 saturated carbocycles. The van der Waals surface area contributed by atoms with Crippen LogP contribution in [0.4, 0.5) is 0 Å². The third-order valence-corrected chi connectivity index (χ3v) is 5.16. The number of carbonyl (C=O) groups excluding carboxylic acids is 1. The molecule has 0 amide bonds. The van der Waals surface area contributed by atoms with Crippen LogP contribution in [-0.2, 0) is 9.53 Å². The van der Waals surface area contributed by atoms with Crippen molar-refractivity contribution in [3.8, 4) is 0 Å². The van der Waals surface area contributed by atoms with Crippen molar-refractivity contribution in [1.29, 1.82) is 0 Å². The van der Waals surface area contributed by atoms with E-state index in [1.165, 1.54) is 25.7 Å². The van der Waals surface area contributed by atoms with E-state index in [2.05, 4.69) is 34.6 Å². The van der Waals surface area contributed by atoms with Gasteiger partial charge >= 0.3 is 5.97 Å². The van der Waals surface area contributed by atoms with Crippen molar-refractivity contribution in [1.82, 2.24) is 0 Å². The summed E-state index contributed by atoms with van der Waals surface area (Å²) in [7, 11) is 0. The van der Waals surface area contributed by atoms with E-state index in [-0.39, 0.29) is 22.9 Å². The van der Waals surface area contributed by atoms with E-state index in [4.69, 9.17) is 4.74 Å². The van der Waals surface area contributed by atoms with Gasteiger partial charge in [-0.2, -0.15) is 0 Å². The van der Waals surface area contributed by atoms with Crippen LogP contribution in [0.25, 0.3) is 0 Å². The fourth-order valence-electron chi connectivity index (χ4n) is 3.24. The van der Waals surface area contributed by atoms with Crippen molar-refractivity contribution in [3.63, 3.8) is 0 Å². The topological polar surface area (TPSA) is 26.3 Å². The second kappa shape index (κ2) is 4.54. The van der Waals surface area contributed by atoms with Crippen molar-refractivity contribution >= 4 is 5.97 Å². The van der Waals surface area contributed by atoms with Crippen molar-refractivity contribution in [2.75, 3.05) is 0 Å². The highest BCUT2D eigenvalue weighted by atomic mass is 16.6. The number of carbonyl (C=O) groups is 1. The van der Waals surface area contributed by atoms with Crippen molar-refractivity contribution in [2.24, 2.45) is 23.2 Å². The lowest BCUT2D eigenvalue weighted by Gasteiger charge is -2.38. The molecule has 2 rings (SSSR count). The summed E-state index contributed by atoms with van der Waals surface area (Å²) in [4.78, 5) is 12.1. The van der Waals surface area contributed by atoms with Crippen LogP contribution in [0.15, 0.2) is 0 Å². The SMILES string of the molecule is CC1CCC(C(C)(C)OC(=O)C2CC2(C)C)CC1. The summed E-state index contributed by atoms with van der Waals surface area (Å²) in [6.45, 7) is 10.8. The van der Waals surface area contributed by atoms with Gasteiger partial charge < -0.3 is 4.74 Å². The van der Waals surface area contributed by atoms with Gasteiger partial charge in [0.1, 0.15) is 5.60 Å². The molecule has 0 aromatic carbocycles. The zero-order valence-electron chi connectivity index (χ0n) is 12.6. The van der Waals surface area contributed by atoms with Crippen LogP contribution in [0, 0.1) is 23.2 Å². The summed E-state index contributed by atoms with van der Waals surface area (Å²) >= 11 is 0. The van der Waals surface area contributed by atoms with Crippen LogP contribution in [-0.4, -0.2) is 11.6 Å². The Labute approximate surface area is 111 Å². The van der Waals surface area contributed by atoms with Crippen molar-refractivity contribution < 1.29 is 9.53 Å². The summed E-state index contributed by atoms with van der Waals surface area (Å²) in [5.41, 5.74) is -0.107. The first kappa shape index (κ1) is 13.9. The Balaban J connectivity index is 1.89. The maximum absolute atomic E-state index is 12.1. The van der Waals surface area contributed by atoms with Gasteiger partial charge in [-0.05, 0) is 50.4 Å². The number of hydrogen-bond acceptors (Lipinski definition) is 2. The van der Waals surface area contributed by atoms with Gasteiger partial charge in [0.05, 0.1) is 5.92 Å². The average Bonchev–Trinajstić information content (AvgIpc) is 2.88. The van der Waals surface area contributed by atoms with Gasteiger partial charge in [-0.25, -0.2) is 0 Å². The van der Waals surface area contributed by atoms with E-state index in [0.29, 0.717) is 5.92 Å². The largest absolute Gasteiger partial charge is 0.459 e. The van der Waals surface area contributed by atoms with Crippen LogP contribution in [0.3, 0.4) is 0 Å². The normalized spacial score (nSPS) is 35.1. The quantitative estimate of drug-likeness (QED) is 0.704. The van der Waals surface area contributed by atoms with Crippen LogP contribution in [0.1, 0.15) is 66.7 Å². The van der Waals surface area contributed by atoms with Gasteiger partial charge in [-0.3, -0.25) is 4.79 Å². The zero-order valence-corrected chi connectivity index (χ0v) is 12.6. The first-order valence-corrected chi connectivity index (χ1v) is 7.45. The summed E-state index contributed by atoms with van der Waals surface area (Å²) in [6, 6.07) is 0. The molecule has 0 saturated heterocycles. The maximum atomic E-state index is 12.1. The molecular weight excluding hydrogens is 224 g/mol. The van der Waals surface area contributed by atoms with E-state index >= 15 is 0 Å². The fourth-order valence-corrected chi connectivity index (χ4v) is 3.24. The second-order valence-electron chi connectivity index (χ2n) is 7.73. The molecule has 18 heavy (non-hydrogen) atoms. The highest BCUT2D eigenvalue weighted by molar-refractivity contribution is 5.77. The van der Waals surface area contributed by atoms with E-state index in [9.17, 15) is 4.79 Å². The Morgan fingerprint density at radius 2 is 1.67 bits per heavy atom. The number of rotatable bonds is 3. The van der Waals surface area contributed by atoms with Gasteiger partial charge in [-0.1, -0.05) is 33.6 Å². The maximum Gasteiger partial charge on any atom is 0.310 e. The van der Waals surface area contributed by atoms with Crippen LogP contribution < -0.4 is 0 Å². The first-order chi connectivity index (χ1) is 8.22. The van der Waals surface area contributed by atoms with Crippen LogP contribution in [0.5, 0.6) is 0 Å². The number of esters is 1. The number of hydrogen-bond donors (Lipinski definition) is 0. The molecule has 0 spiro atoms. The minimum absolute atomic E-state index is 0.0311. The van der Waals surface area contributed by atoms with E-state index in [0.717, 1.165) is 12.3 Å². The minimum atomic E-state index is -0.282. The first-order valence-electron chi connectivity index (χ1n) is 7.45. The lowest BCUT2D eigenvalue weighted by atomic mass is 9.75. The van der Waals surface area contributed by atoms with E-state index in [1.54, 1.807) is 0 Å². The Kier molecular flexibility index (Phi) is 3.50. The smallest absolute Gasteiger partial charge is 0.310 e. The summed E-state index contributed by atoms with van der Waals surface area (Å²) in [5, 5.41) is 0. The third-order valence-electron chi connectivity index (χ3n) is 5.16. The average molecular weight is 252 g/mol. The molecule has 1 atom stereocenters. The summed E-state index contributed by atoms with van der Waals surface area (Å²) in [6.07, 6.45) is 5.95. The molecule has 2 nitrogen and oxygen atoms in total. The highest BCUT2D eigenvalue weighted by Crippen LogP contribution is 2.53. The molecule has 0 heterocycles. The number of ether oxygens (including phenoxy) is 1. The molecule has 0 aromatic rings. The molecule has 104 valence electrons. The molecule has 0 radical (unpaired) electrons. The monoisotopic (exact) mass is 252 g/mol. The molecule has 2 heteroatoms. The molecule has 2 aliphatic carbocycles. The summed E-state index contributed by atoms with van der Waals surface area (Å²) < 4.78 is 5.83. The summed E-state index contributed by atoms with van der Waals surface area (Å²) in [5.74, 6) is 1.55. The van der Waals surface area contributed by atoms with Crippen molar-refractivity contribution in [2.45, 2.75) is 72.3 Å². The van der Waals surface area contributed by atoms with Gasteiger partial charge in [0.25, 0.3) is 0 Å². The molecule has 0 aliphatic heterocycles. The highest BCUT2D eigenvalue weighted by Gasteiger charge is 2.53. The molecule has 2 fully saturated rings. The molecule has 0 aromatic heterocycles. The molecule has 0 bridgehead atoms. The Morgan fingerprint density at radius 3 is 2.11 bits per heavy atom. The van der Waals surface area contributed by atoms with Crippen LogP contribution in [0.2, 0.25) is 0 Å². The Bertz CT molecular complexity index is 322. The van der Waals surface area contributed by atoms with E-state index < -0.39 is 0 Å². The van der Waals surface area contributed by atoms with Gasteiger partial charge in [0.2, 0.25) is 0 Å². The lowest BCUT2D eigenvalue weighted by Crippen LogP contribution is -2.39. The molecule has 2 aliphatic rings. The minimum Gasteiger partial charge on any atom is -0.459 e. The Hall–Kier alpha value is -0.530. The third kappa shape index (κ3) is 2.89. The predicted octanol–water partition coefficient (Wildman–Crippen LogP) is 4.18. The lowest BCUT2D eigenvalue weighted by molar-refractivity contribution is -0.165. The molecular formula is C16H28O2. The zero-order chi connectivity index (χ0) is 13.6. The van der Waals surface area contributed by atoms with Crippen molar-refractivity contribution in [3.05, 3.63) is 0 Å². The van der Waals surface area contributed by atoms with Crippen LogP contribution >= 0.6 is 0 Å². The fraction of sp³-hybridized carbons (Fsp3) is 0.938. The standard InChI is InChI=1S/C16H28O2/c1-11-6-8-12(9-7-11)16(4,5)18-14(17)13-10-15(13,2)3/h11-13H,6-10H2,1-5H3. The predicted molar refractivity (Wildman–Crippen MR) is 73.2 cm³/mol. The second-order valence-corrected chi connectivity index (χ2v) is 7.73. The van der Waals surface area contributed by atoms with Gasteiger partial charge in [0, 0.05) is 0 Å². The van der Waals surface area contributed by atoms with E-state index in [1.807, 2.05) is 0 Å². The van der Waals surface area contributed by atoms with Gasteiger partial charge in [0.15, 0.2) is 0 Å². The molecule has 0 N–H and O–H groups in total. The van der Waals surface area contributed by atoms with Gasteiger partial charge in [-0.15, -0.1) is 0 Å². The molecule has 1 unspecified atom stereocenters. The Morgan fingerprint density at radius 1 is 1.17 bits per heavy atom.